The number of carbonyl (C=O) groups excluding carboxylic acids is 1. The summed E-state index contributed by atoms with van der Waals surface area (Å²) in [5.41, 5.74) is 0. The number of likely N-dealkylation sites (N-methyl/N-ethyl adjacent to an activating group) is 1. The van der Waals surface area contributed by atoms with Crippen molar-refractivity contribution >= 4 is 17.5 Å². The van der Waals surface area contributed by atoms with Crippen LogP contribution in [0.2, 0.25) is 0 Å². The number of nitrogens with zero attached hydrogens (tertiary/aromatic N) is 5. The Hall–Kier alpha value is -1.96. The van der Waals surface area contributed by atoms with Crippen LogP contribution in [0.3, 0.4) is 0 Å². The molecule has 1 aromatic heterocycles. The Morgan fingerprint density at radius 1 is 1.36 bits per heavy atom. The quantitative estimate of drug-likeness (QED) is 0.824. The van der Waals surface area contributed by atoms with Crippen molar-refractivity contribution in [2.45, 2.75) is 18.6 Å². The Morgan fingerprint density at radius 3 is 2.86 bits per heavy atom. The molecule has 2 fully saturated rings. The van der Waals surface area contributed by atoms with Crippen molar-refractivity contribution in [1.29, 1.82) is 0 Å². The summed E-state index contributed by atoms with van der Waals surface area (Å²) in [7, 11) is 1.78. The summed E-state index contributed by atoms with van der Waals surface area (Å²) in [5, 5.41) is 9.39. The van der Waals surface area contributed by atoms with E-state index in [0.717, 1.165) is 0 Å². The van der Waals surface area contributed by atoms with Crippen molar-refractivity contribution in [3.8, 4) is 0 Å². The van der Waals surface area contributed by atoms with Gasteiger partial charge in [0.05, 0.1) is 25.7 Å². The summed E-state index contributed by atoms with van der Waals surface area (Å²) in [5.74, 6) is 1.30. The summed E-state index contributed by atoms with van der Waals surface area (Å²) in [6.45, 7) is 1.75. The maximum Gasteiger partial charge on any atom is 0.241 e. The molecular weight excluding hydrogens is 289 g/mol. The third kappa shape index (κ3) is 2.83. The number of aliphatic hydroxyl groups excluding tert-OH is 1. The SMILES string of the molecule is CN1CCN(c2cc(N3C[C@@H](F)C[C@H]3CO)ncn2)CC1=O. The minimum Gasteiger partial charge on any atom is -0.394 e. The molecule has 0 spiro atoms. The molecular formula is C14H20FN5O2. The highest BCUT2D eigenvalue weighted by Gasteiger charge is 2.33. The molecule has 0 saturated carbocycles. The summed E-state index contributed by atoms with van der Waals surface area (Å²) in [6.07, 6.45) is 0.775. The van der Waals surface area contributed by atoms with Crippen LogP contribution in [0.4, 0.5) is 16.0 Å². The summed E-state index contributed by atoms with van der Waals surface area (Å²) in [6, 6.07) is 1.51. The number of amides is 1. The van der Waals surface area contributed by atoms with E-state index in [1.54, 1.807) is 22.9 Å². The Labute approximate surface area is 128 Å². The average molecular weight is 309 g/mol. The van der Waals surface area contributed by atoms with Crippen molar-refractivity contribution in [3.05, 3.63) is 12.4 Å². The van der Waals surface area contributed by atoms with Gasteiger partial charge in [0, 0.05) is 32.6 Å². The summed E-state index contributed by atoms with van der Waals surface area (Å²) in [4.78, 5) is 25.6. The zero-order valence-corrected chi connectivity index (χ0v) is 12.5. The molecule has 2 aliphatic heterocycles. The number of hydrogen-bond acceptors (Lipinski definition) is 6. The first kappa shape index (κ1) is 15.0. The second-order valence-electron chi connectivity index (χ2n) is 5.79. The van der Waals surface area contributed by atoms with E-state index in [0.29, 0.717) is 31.1 Å². The minimum atomic E-state index is -0.958. The van der Waals surface area contributed by atoms with Gasteiger partial charge in [-0.2, -0.15) is 0 Å². The molecule has 0 radical (unpaired) electrons. The highest BCUT2D eigenvalue weighted by atomic mass is 19.1. The molecule has 3 heterocycles. The van der Waals surface area contributed by atoms with Crippen molar-refractivity contribution in [3.63, 3.8) is 0 Å². The van der Waals surface area contributed by atoms with Gasteiger partial charge in [-0.1, -0.05) is 0 Å². The standard InChI is InChI=1S/C14H20FN5O2/c1-18-2-3-19(7-14(18)22)12-5-13(17-9-16-12)20-6-10(15)4-11(20)8-21/h5,9-11,21H,2-4,6-8H2,1H3/t10-,11-/m0/s1. The van der Waals surface area contributed by atoms with Gasteiger partial charge >= 0.3 is 0 Å². The van der Waals surface area contributed by atoms with Crippen LogP contribution in [0.25, 0.3) is 0 Å². The van der Waals surface area contributed by atoms with Gasteiger partial charge in [0.2, 0.25) is 5.91 Å². The van der Waals surface area contributed by atoms with E-state index in [1.165, 1.54) is 6.33 Å². The van der Waals surface area contributed by atoms with E-state index in [-0.39, 0.29) is 31.6 Å². The van der Waals surface area contributed by atoms with Crippen LogP contribution < -0.4 is 9.80 Å². The minimum absolute atomic E-state index is 0.0460. The lowest BCUT2D eigenvalue weighted by molar-refractivity contribution is -0.129. The molecule has 7 nitrogen and oxygen atoms in total. The predicted molar refractivity (Wildman–Crippen MR) is 79.6 cm³/mol. The molecule has 120 valence electrons. The first-order chi connectivity index (χ1) is 10.6. The van der Waals surface area contributed by atoms with Gasteiger partial charge in [-0.15, -0.1) is 0 Å². The number of halogens is 1. The molecule has 1 N–H and O–H groups in total. The van der Waals surface area contributed by atoms with Gasteiger partial charge in [0.15, 0.2) is 0 Å². The Morgan fingerprint density at radius 2 is 2.14 bits per heavy atom. The van der Waals surface area contributed by atoms with Crippen LogP contribution in [0.5, 0.6) is 0 Å². The maximum atomic E-state index is 13.6. The number of rotatable bonds is 3. The number of hydrogen-bond donors (Lipinski definition) is 1. The molecule has 0 unspecified atom stereocenters. The second-order valence-corrected chi connectivity index (χ2v) is 5.79. The van der Waals surface area contributed by atoms with Crippen LogP contribution in [0.1, 0.15) is 6.42 Å². The van der Waals surface area contributed by atoms with Crippen LogP contribution in [0, 0.1) is 0 Å². The number of alkyl halides is 1. The fourth-order valence-electron chi connectivity index (χ4n) is 2.93. The largest absolute Gasteiger partial charge is 0.394 e. The predicted octanol–water partition coefficient (Wildman–Crippen LogP) is -0.336. The van der Waals surface area contributed by atoms with Crippen LogP contribution in [-0.2, 0) is 4.79 Å². The van der Waals surface area contributed by atoms with Crippen molar-refractivity contribution in [2.24, 2.45) is 0 Å². The zero-order valence-electron chi connectivity index (χ0n) is 12.5. The summed E-state index contributed by atoms with van der Waals surface area (Å²) >= 11 is 0. The lowest BCUT2D eigenvalue weighted by atomic mass is 10.2. The molecule has 2 atom stereocenters. The topological polar surface area (TPSA) is 72.8 Å². The van der Waals surface area contributed by atoms with E-state index in [4.69, 9.17) is 0 Å². The number of carbonyl (C=O) groups is 1. The Balaban J connectivity index is 1.79. The third-order valence-corrected chi connectivity index (χ3v) is 4.29. The van der Waals surface area contributed by atoms with Crippen LogP contribution >= 0.6 is 0 Å². The van der Waals surface area contributed by atoms with Crippen LogP contribution in [-0.4, -0.2) is 77.9 Å². The van der Waals surface area contributed by atoms with E-state index in [2.05, 4.69) is 9.97 Å². The molecule has 2 saturated heterocycles. The lowest BCUT2D eigenvalue weighted by Crippen LogP contribution is -2.48. The van der Waals surface area contributed by atoms with Crippen molar-refractivity contribution in [2.75, 3.05) is 49.6 Å². The zero-order chi connectivity index (χ0) is 15.7. The summed E-state index contributed by atoms with van der Waals surface area (Å²) < 4.78 is 13.6. The number of aliphatic hydroxyl groups is 1. The first-order valence-electron chi connectivity index (χ1n) is 7.41. The lowest BCUT2D eigenvalue weighted by Gasteiger charge is -2.33. The smallest absolute Gasteiger partial charge is 0.241 e. The third-order valence-electron chi connectivity index (χ3n) is 4.29. The van der Waals surface area contributed by atoms with E-state index < -0.39 is 6.17 Å². The highest BCUT2D eigenvalue weighted by Crippen LogP contribution is 2.27. The van der Waals surface area contributed by atoms with Gasteiger partial charge in [-0.3, -0.25) is 4.79 Å². The van der Waals surface area contributed by atoms with Crippen molar-refractivity contribution < 1.29 is 14.3 Å². The van der Waals surface area contributed by atoms with E-state index in [1.807, 2.05) is 4.90 Å². The number of piperazine rings is 1. The molecule has 1 amide bonds. The first-order valence-corrected chi connectivity index (χ1v) is 7.41. The molecule has 1 aromatic rings. The fraction of sp³-hybridized carbons (Fsp3) is 0.643. The molecule has 0 aromatic carbocycles. The van der Waals surface area contributed by atoms with Gasteiger partial charge in [-0.05, 0) is 0 Å². The van der Waals surface area contributed by atoms with Gasteiger partial charge in [0.1, 0.15) is 24.1 Å². The highest BCUT2D eigenvalue weighted by molar-refractivity contribution is 5.82. The molecule has 2 aliphatic rings. The average Bonchev–Trinajstić information content (AvgIpc) is 2.91. The molecule has 0 aliphatic carbocycles. The van der Waals surface area contributed by atoms with E-state index in [9.17, 15) is 14.3 Å². The van der Waals surface area contributed by atoms with Gasteiger partial charge in [0.25, 0.3) is 0 Å². The molecule has 8 heteroatoms. The second kappa shape index (κ2) is 6.04. The van der Waals surface area contributed by atoms with Crippen molar-refractivity contribution in [1.82, 2.24) is 14.9 Å². The monoisotopic (exact) mass is 309 g/mol. The Bertz CT molecular complexity index is 558. The van der Waals surface area contributed by atoms with E-state index >= 15 is 0 Å². The van der Waals surface area contributed by atoms with Gasteiger partial charge in [-0.25, -0.2) is 14.4 Å². The maximum absolute atomic E-state index is 13.6. The van der Waals surface area contributed by atoms with Gasteiger partial charge < -0.3 is 19.8 Å². The molecule has 3 rings (SSSR count). The van der Waals surface area contributed by atoms with Crippen LogP contribution in [0.15, 0.2) is 12.4 Å². The number of anilines is 2. The molecule has 22 heavy (non-hydrogen) atoms. The fourth-order valence-corrected chi connectivity index (χ4v) is 2.93. The Kier molecular flexibility index (Phi) is 4.10. The normalized spacial score (nSPS) is 26.0. The molecule has 0 bridgehead atoms. The number of aromatic nitrogens is 2.